The van der Waals surface area contributed by atoms with Crippen molar-refractivity contribution in [3.63, 3.8) is 0 Å². The van der Waals surface area contributed by atoms with Crippen LogP contribution < -0.4 is 5.32 Å². The molecule has 0 amide bonds. The van der Waals surface area contributed by atoms with Crippen molar-refractivity contribution in [2.75, 3.05) is 13.7 Å². The molecule has 1 aromatic rings. The third-order valence-electron chi connectivity index (χ3n) is 2.36. The van der Waals surface area contributed by atoms with Crippen LogP contribution in [0.5, 0.6) is 0 Å². The number of carbonyl (C=O) groups is 1. The molecule has 2 heterocycles. The Kier molecular flexibility index (Phi) is 2.84. The van der Waals surface area contributed by atoms with Gasteiger partial charge in [-0.3, -0.25) is 0 Å². The number of methoxy groups -OCH3 is 1. The van der Waals surface area contributed by atoms with Crippen LogP contribution >= 0.6 is 11.3 Å². The predicted molar refractivity (Wildman–Crippen MR) is 55.7 cm³/mol. The van der Waals surface area contributed by atoms with E-state index in [1.807, 2.05) is 6.07 Å². The van der Waals surface area contributed by atoms with Gasteiger partial charge in [0.2, 0.25) is 0 Å². The maximum absolute atomic E-state index is 11.3. The molecule has 1 aliphatic rings. The van der Waals surface area contributed by atoms with Crippen LogP contribution in [0.25, 0.3) is 0 Å². The van der Waals surface area contributed by atoms with E-state index in [9.17, 15) is 4.79 Å². The van der Waals surface area contributed by atoms with Crippen LogP contribution in [0, 0.1) is 0 Å². The average molecular weight is 211 g/mol. The molecule has 76 valence electrons. The molecule has 0 saturated heterocycles. The summed E-state index contributed by atoms with van der Waals surface area (Å²) < 4.78 is 4.70. The van der Waals surface area contributed by atoms with E-state index < -0.39 is 0 Å². The van der Waals surface area contributed by atoms with Gasteiger partial charge in [-0.25, -0.2) is 4.79 Å². The Labute approximate surface area is 87.1 Å². The largest absolute Gasteiger partial charge is 0.465 e. The summed E-state index contributed by atoms with van der Waals surface area (Å²) in [6.07, 6.45) is 2.22. The lowest BCUT2D eigenvalue weighted by Gasteiger charge is -1.96. The first-order valence-electron chi connectivity index (χ1n) is 4.72. The summed E-state index contributed by atoms with van der Waals surface area (Å²) in [5, 5.41) is 3.33. The molecule has 0 radical (unpaired) electrons. The van der Waals surface area contributed by atoms with Gasteiger partial charge < -0.3 is 10.1 Å². The summed E-state index contributed by atoms with van der Waals surface area (Å²) in [5.74, 6) is -0.219. The first kappa shape index (κ1) is 9.68. The minimum absolute atomic E-state index is 0.219. The summed E-state index contributed by atoms with van der Waals surface area (Å²) in [5.41, 5.74) is 1.26. The first-order valence-corrected chi connectivity index (χ1v) is 5.53. The molecule has 0 bridgehead atoms. The third-order valence-corrected chi connectivity index (χ3v) is 3.57. The van der Waals surface area contributed by atoms with Crippen molar-refractivity contribution in [2.24, 2.45) is 0 Å². The zero-order valence-corrected chi connectivity index (χ0v) is 8.95. The highest BCUT2D eigenvalue weighted by molar-refractivity contribution is 7.14. The Morgan fingerprint density at radius 1 is 1.64 bits per heavy atom. The van der Waals surface area contributed by atoms with E-state index >= 15 is 0 Å². The number of thiophene rings is 1. The average Bonchev–Trinajstić information content (AvgIpc) is 2.49. The highest BCUT2D eigenvalue weighted by Crippen LogP contribution is 2.25. The summed E-state index contributed by atoms with van der Waals surface area (Å²) >= 11 is 1.57. The number of hydrogen-bond acceptors (Lipinski definition) is 4. The second-order valence-electron chi connectivity index (χ2n) is 3.33. The van der Waals surface area contributed by atoms with Gasteiger partial charge in [-0.1, -0.05) is 0 Å². The van der Waals surface area contributed by atoms with Crippen molar-refractivity contribution in [1.29, 1.82) is 0 Å². The lowest BCUT2D eigenvalue weighted by atomic mass is 10.2. The number of fused-ring (bicyclic) bond motifs is 1. The molecule has 1 N–H and O–H groups in total. The van der Waals surface area contributed by atoms with Crippen molar-refractivity contribution in [1.82, 2.24) is 5.32 Å². The van der Waals surface area contributed by atoms with Gasteiger partial charge in [0.15, 0.2) is 0 Å². The van der Waals surface area contributed by atoms with Gasteiger partial charge in [-0.2, -0.15) is 0 Å². The Bertz CT molecular complexity index is 322. The van der Waals surface area contributed by atoms with Gasteiger partial charge in [0, 0.05) is 11.4 Å². The zero-order chi connectivity index (χ0) is 9.97. The van der Waals surface area contributed by atoms with E-state index in [1.165, 1.54) is 17.6 Å². The predicted octanol–water partition coefficient (Wildman–Crippen LogP) is 1.57. The van der Waals surface area contributed by atoms with Crippen molar-refractivity contribution >= 4 is 17.3 Å². The van der Waals surface area contributed by atoms with Gasteiger partial charge in [0.05, 0.1) is 7.11 Å². The van der Waals surface area contributed by atoms with Gasteiger partial charge in [0.1, 0.15) is 4.88 Å². The number of aryl methyl sites for hydroxylation is 1. The lowest BCUT2D eigenvalue weighted by molar-refractivity contribution is 0.0606. The SMILES string of the molecule is COC(=O)c1cc2c(s1)CCCNC2. The first-order chi connectivity index (χ1) is 6.81. The number of carbonyl (C=O) groups excluding carboxylic acids is 1. The lowest BCUT2D eigenvalue weighted by Crippen LogP contribution is -2.11. The van der Waals surface area contributed by atoms with E-state index in [-0.39, 0.29) is 5.97 Å². The number of rotatable bonds is 1. The van der Waals surface area contributed by atoms with Crippen molar-refractivity contribution in [3.05, 3.63) is 21.4 Å². The van der Waals surface area contributed by atoms with Gasteiger partial charge in [-0.15, -0.1) is 11.3 Å². The number of esters is 1. The molecule has 0 fully saturated rings. The fourth-order valence-electron chi connectivity index (χ4n) is 1.63. The Hall–Kier alpha value is -0.870. The molecule has 0 aliphatic carbocycles. The molecule has 3 nitrogen and oxygen atoms in total. The molecule has 2 rings (SSSR count). The summed E-state index contributed by atoms with van der Waals surface area (Å²) in [7, 11) is 1.42. The molecular formula is C10H13NO2S. The number of hydrogen-bond donors (Lipinski definition) is 1. The minimum atomic E-state index is -0.219. The Morgan fingerprint density at radius 2 is 2.50 bits per heavy atom. The van der Waals surface area contributed by atoms with Crippen LogP contribution in [-0.2, 0) is 17.7 Å². The molecule has 0 unspecified atom stereocenters. The van der Waals surface area contributed by atoms with Crippen LogP contribution in [-0.4, -0.2) is 19.6 Å². The Morgan fingerprint density at radius 3 is 3.29 bits per heavy atom. The maximum Gasteiger partial charge on any atom is 0.348 e. The fourth-order valence-corrected chi connectivity index (χ4v) is 2.77. The van der Waals surface area contributed by atoms with Gasteiger partial charge >= 0.3 is 5.97 Å². The molecular weight excluding hydrogens is 198 g/mol. The topological polar surface area (TPSA) is 38.3 Å². The fraction of sp³-hybridized carbons (Fsp3) is 0.500. The molecule has 14 heavy (non-hydrogen) atoms. The molecule has 4 heteroatoms. The summed E-state index contributed by atoms with van der Waals surface area (Å²) in [4.78, 5) is 13.3. The van der Waals surface area contributed by atoms with E-state index in [2.05, 4.69) is 5.32 Å². The monoisotopic (exact) mass is 211 g/mol. The van der Waals surface area contributed by atoms with Crippen molar-refractivity contribution in [2.45, 2.75) is 19.4 Å². The van der Waals surface area contributed by atoms with E-state index in [4.69, 9.17) is 4.74 Å². The normalized spacial score (nSPS) is 15.8. The maximum atomic E-state index is 11.3. The summed E-state index contributed by atoms with van der Waals surface area (Å²) in [6.45, 7) is 1.94. The Balaban J connectivity index is 2.26. The van der Waals surface area contributed by atoms with Gasteiger partial charge in [0.25, 0.3) is 0 Å². The highest BCUT2D eigenvalue weighted by atomic mass is 32.1. The molecule has 0 atom stereocenters. The smallest absolute Gasteiger partial charge is 0.348 e. The van der Waals surface area contributed by atoms with Crippen LogP contribution in [0.1, 0.15) is 26.5 Å². The standard InChI is InChI=1S/C10H13NO2S/c1-13-10(12)9-5-7-6-11-4-2-3-8(7)14-9/h5,11H,2-4,6H2,1H3. The quantitative estimate of drug-likeness (QED) is 0.717. The molecule has 0 spiro atoms. The highest BCUT2D eigenvalue weighted by Gasteiger charge is 2.15. The molecule has 1 aliphatic heterocycles. The van der Waals surface area contributed by atoms with Crippen LogP contribution in [0.4, 0.5) is 0 Å². The number of nitrogens with one attached hydrogen (secondary N) is 1. The van der Waals surface area contributed by atoms with E-state index in [0.717, 1.165) is 30.8 Å². The minimum Gasteiger partial charge on any atom is -0.465 e. The third kappa shape index (κ3) is 1.81. The van der Waals surface area contributed by atoms with Crippen molar-refractivity contribution < 1.29 is 9.53 Å². The second kappa shape index (κ2) is 4.11. The van der Waals surface area contributed by atoms with Crippen LogP contribution in [0.3, 0.4) is 0 Å². The zero-order valence-electron chi connectivity index (χ0n) is 8.13. The summed E-state index contributed by atoms with van der Waals surface area (Å²) in [6, 6.07) is 1.95. The molecule has 1 aromatic heterocycles. The second-order valence-corrected chi connectivity index (χ2v) is 4.47. The molecule has 0 aromatic carbocycles. The van der Waals surface area contributed by atoms with E-state index in [1.54, 1.807) is 11.3 Å². The van der Waals surface area contributed by atoms with Crippen LogP contribution in [0.2, 0.25) is 0 Å². The van der Waals surface area contributed by atoms with Crippen LogP contribution in [0.15, 0.2) is 6.07 Å². The van der Waals surface area contributed by atoms with Crippen molar-refractivity contribution in [3.8, 4) is 0 Å². The molecule has 0 saturated carbocycles. The van der Waals surface area contributed by atoms with E-state index in [0.29, 0.717) is 0 Å². The number of ether oxygens (including phenoxy) is 1. The van der Waals surface area contributed by atoms with Gasteiger partial charge in [-0.05, 0) is 31.0 Å².